The summed E-state index contributed by atoms with van der Waals surface area (Å²) < 4.78 is 0.951. The van der Waals surface area contributed by atoms with E-state index in [-0.39, 0.29) is 30.7 Å². The van der Waals surface area contributed by atoms with Gasteiger partial charge in [-0.2, -0.15) is 0 Å². The highest BCUT2D eigenvalue weighted by molar-refractivity contribution is 9.10. The van der Waals surface area contributed by atoms with Crippen LogP contribution in [-0.2, 0) is 9.59 Å². The van der Waals surface area contributed by atoms with E-state index >= 15 is 0 Å². The molecule has 0 spiro atoms. The maximum Gasteiger partial charge on any atom is 0.237 e. The predicted molar refractivity (Wildman–Crippen MR) is 87.8 cm³/mol. The highest BCUT2D eigenvalue weighted by Gasteiger charge is 2.18. The number of amides is 2. The molecule has 0 radical (unpaired) electrons. The van der Waals surface area contributed by atoms with Crippen molar-refractivity contribution in [2.24, 2.45) is 11.7 Å². The molecular formula is C15H22BrN3O2. The summed E-state index contributed by atoms with van der Waals surface area (Å²) in [5.74, 6) is -0.225. The fourth-order valence-electron chi connectivity index (χ4n) is 1.69. The van der Waals surface area contributed by atoms with E-state index < -0.39 is 6.04 Å². The van der Waals surface area contributed by atoms with E-state index in [4.69, 9.17) is 5.73 Å². The first-order valence-corrected chi connectivity index (χ1v) is 7.82. The summed E-state index contributed by atoms with van der Waals surface area (Å²) in [6, 6.07) is 6.79. The van der Waals surface area contributed by atoms with Crippen molar-refractivity contribution in [3.63, 3.8) is 0 Å². The van der Waals surface area contributed by atoms with E-state index in [2.05, 4.69) is 26.6 Å². The number of halogens is 1. The summed E-state index contributed by atoms with van der Waals surface area (Å²) in [6.07, 6.45) is 1.06. The van der Waals surface area contributed by atoms with Gasteiger partial charge in [0.25, 0.3) is 0 Å². The van der Waals surface area contributed by atoms with Gasteiger partial charge in [-0.15, -0.1) is 0 Å². The molecule has 0 aliphatic heterocycles. The number of nitrogens with two attached hydrogens (primary N) is 1. The minimum atomic E-state index is -0.524. The molecule has 4 N–H and O–H groups in total. The lowest BCUT2D eigenvalue weighted by atomic mass is 9.99. The Hall–Kier alpha value is -1.40. The zero-order valence-electron chi connectivity index (χ0n) is 12.4. The predicted octanol–water partition coefficient (Wildman–Crippen LogP) is 2.27. The van der Waals surface area contributed by atoms with Crippen LogP contribution in [0.1, 0.15) is 26.7 Å². The van der Waals surface area contributed by atoms with Gasteiger partial charge in [-0.3, -0.25) is 9.59 Å². The van der Waals surface area contributed by atoms with Crippen LogP contribution >= 0.6 is 15.9 Å². The summed E-state index contributed by atoms with van der Waals surface area (Å²) in [5.41, 5.74) is 6.54. The van der Waals surface area contributed by atoms with E-state index in [9.17, 15) is 9.59 Å². The molecule has 1 aromatic rings. The monoisotopic (exact) mass is 355 g/mol. The van der Waals surface area contributed by atoms with Gasteiger partial charge < -0.3 is 16.4 Å². The Balaban J connectivity index is 2.30. The molecule has 2 atom stereocenters. The van der Waals surface area contributed by atoms with Crippen molar-refractivity contribution >= 4 is 33.4 Å². The van der Waals surface area contributed by atoms with Crippen LogP contribution < -0.4 is 16.4 Å². The molecule has 0 bridgehead atoms. The number of carbonyl (C=O) groups is 2. The maximum atomic E-state index is 11.7. The lowest BCUT2D eigenvalue weighted by molar-refractivity contribution is -0.123. The van der Waals surface area contributed by atoms with Crippen molar-refractivity contribution in [2.45, 2.75) is 32.7 Å². The molecule has 21 heavy (non-hydrogen) atoms. The molecule has 0 saturated carbocycles. The van der Waals surface area contributed by atoms with Gasteiger partial charge in [0.05, 0.1) is 6.04 Å². The largest absolute Gasteiger partial charge is 0.354 e. The Labute approximate surface area is 133 Å². The van der Waals surface area contributed by atoms with Gasteiger partial charge in [-0.05, 0) is 30.2 Å². The molecule has 6 heteroatoms. The van der Waals surface area contributed by atoms with Gasteiger partial charge in [-0.25, -0.2) is 0 Å². The van der Waals surface area contributed by atoms with E-state index in [1.165, 1.54) is 0 Å². The highest BCUT2D eigenvalue weighted by atomic mass is 79.9. The third kappa shape index (κ3) is 6.27. The van der Waals surface area contributed by atoms with Crippen LogP contribution in [-0.4, -0.2) is 24.4 Å². The van der Waals surface area contributed by atoms with Crippen LogP contribution in [0.15, 0.2) is 28.7 Å². The average molecular weight is 356 g/mol. The summed E-state index contributed by atoms with van der Waals surface area (Å²) in [4.78, 5) is 23.5. The van der Waals surface area contributed by atoms with Crippen LogP contribution in [0.4, 0.5) is 5.69 Å². The van der Waals surface area contributed by atoms with Crippen LogP contribution in [0.5, 0.6) is 0 Å². The smallest absolute Gasteiger partial charge is 0.237 e. The number of hydrogen-bond donors (Lipinski definition) is 3. The van der Waals surface area contributed by atoms with E-state index in [0.29, 0.717) is 0 Å². The molecule has 0 aliphatic carbocycles. The molecule has 1 aromatic carbocycles. The van der Waals surface area contributed by atoms with Gasteiger partial charge in [0.15, 0.2) is 0 Å². The minimum Gasteiger partial charge on any atom is -0.354 e. The Morgan fingerprint density at radius 1 is 1.29 bits per heavy atom. The molecule has 0 saturated heterocycles. The normalized spacial score (nSPS) is 13.3. The fourth-order valence-corrected chi connectivity index (χ4v) is 1.95. The minimum absolute atomic E-state index is 0.126. The number of benzene rings is 1. The maximum absolute atomic E-state index is 11.7. The molecule has 5 nitrogen and oxygen atoms in total. The third-order valence-corrected chi connectivity index (χ3v) is 3.87. The molecule has 0 heterocycles. The summed E-state index contributed by atoms with van der Waals surface area (Å²) >= 11 is 3.33. The Morgan fingerprint density at radius 2 is 1.90 bits per heavy atom. The van der Waals surface area contributed by atoms with Gasteiger partial charge in [0, 0.05) is 23.1 Å². The first kappa shape index (κ1) is 17.7. The standard InChI is InChI=1S/C15H22BrN3O2/c1-3-10(2)14(17)15(21)18-9-8-13(20)19-12-6-4-11(16)5-7-12/h4-7,10,14H,3,8-9,17H2,1-2H3,(H,18,21)(H,19,20). The van der Waals surface area contributed by atoms with Crippen LogP contribution in [0, 0.1) is 5.92 Å². The van der Waals surface area contributed by atoms with Gasteiger partial charge >= 0.3 is 0 Å². The molecule has 2 amide bonds. The number of rotatable bonds is 7. The summed E-state index contributed by atoms with van der Waals surface area (Å²) in [7, 11) is 0. The fraction of sp³-hybridized carbons (Fsp3) is 0.467. The molecule has 1 rings (SSSR count). The highest BCUT2D eigenvalue weighted by Crippen LogP contribution is 2.14. The van der Waals surface area contributed by atoms with Crippen LogP contribution in [0.25, 0.3) is 0 Å². The molecular weight excluding hydrogens is 334 g/mol. The average Bonchev–Trinajstić information content (AvgIpc) is 2.47. The quantitative estimate of drug-likeness (QED) is 0.701. The zero-order chi connectivity index (χ0) is 15.8. The van der Waals surface area contributed by atoms with E-state index in [1.807, 2.05) is 26.0 Å². The first-order valence-electron chi connectivity index (χ1n) is 7.02. The second kappa shape index (κ2) is 8.79. The SMILES string of the molecule is CCC(C)C(N)C(=O)NCCC(=O)Nc1ccc(Br)cc1. The molecule has 2 unspecified atom stereocenters. The summed E-state index contributed by atoms with van der Waals surface area (Å²) in [5, 5.41) is 5.45. The van der Waals surface area contributed by atoms with E-state index in [0.717, 1.165) is 16.6 Å². The Morgan fingerprint density at radius 3 is 2.48 bits per heavy atom. The number of nitrogens with one attached hydrogen (secondary N) is 2. The Kier molecular flexibility index (Phi) is 7.39. The number of hydrogen-bond acceptors (Lipinski definition) is 3. The molecule has 0 aliphatic rings. The van der Waals surface area contributed by atoms with Gasteiger partial charge in [0.1, 0.15) is 0 Å². The van der Waals surface area contributed by atoms with Crippen molar-refractivity contribution < 1.29 is 9.59 Å². The topological polar surface area (TPSA) is 84.2 Å². The number of carbonyl (C=O) groups excluding carboxylic acids is 2. The van der Waals surface area contributed by atoms with E-state index in [1.54, 1.807) is 12.1 Å². The van der Waals surface area contributed by atoms with Crippen LogP contribution in [0.2, 0.25) is 0 Å². The van der Waals surface area contributed by atoms with Crippen molar-refractivity contribution in [3.05, 3.63) is 28.7 Å². The van der Waals surface area contributed by atoms with Gasteiger partial charge in [-0.1, -0.05) is 36.2 Å². The van der Waals surface area contributed by atoms with Crippen molar-refractivity contribution in [2.75, 3.05) is 11.9 Å². The second-order valence-electron chi connectivity index (χ2n) is 5.01. The van der Waals surface area contributed by atoms with Crippen LogP contribution in [0.3, 0.4) is 0 Å². The summed E-state index contributed by atoms with van der Waals surface area (Å²) in [6.45, 7) is 4.21. The molecule has 0 fully saturated rings. The second-order valence-corrected chi connectivity index (χ2v) is 5.92. The lowest BCUT2D eigenvalue weighted by Gasteiger charge is -2.17. The lowest BCUT2D eigenvalue weighted by Crippen LogP contribution is -2.45. The zero-order valence-corrected chi connectivity index (χ0v) is 13.9. The Bertz CT molecular complexity index is 476. The first-order chi connectivity index (χ1) is 9.93. The molecule has 0 aromatic heterocycles. The van der Waals surface area contributed by atoms with Crippen molar-refractivity contribution in [3.8, 4) is 0 Å². The number of anilines is 1. The van der Waals surface area contributed by atoms with Gasteiger partial charge in [0.2, 0.25) is 11.8 Å². The van der Waals surface area contributed by atoms with Crippen molar-refractivity contribution in [1.29, 1.82) is 0 Å². The molecule has 116 valence electrons. The van der Waals surface area contributed by atoms with Crippen molar-refractivity contribution in [1.82, 2.24) is 5.32 Å². The third-order valence-electron chi connectivity index (χ3n) is 3.34.